The molecule has 2 rings (SSSR count). The molecule has 120 valence electrons. The van der Waals surface area contributed by atoms with Crippen LogP contribution >= 0.6 is 0 Å². The molecule has 0 aromatic heterocycles. The molecule has 0 heterocycles. The van der Waals surface area contributed by atoms with Gasteiger partial charge < -0.3 is 21.9 Å². The monoisotopic (exact) mass is 520 g/mol. The third-order valence-electron chi connectivity index (χ3n) is 3.25. The maximum atomic E-state index is 5.82. The number of hydrogen-bond donors (Lipinski definition) is 0. The van der Waals surface area contributed by atoms with Crippen LogP contribution in [0.3, 0.4) is 0 Å². The number of ether oxygens (including phenoxy) is 2. The first-order chi connectivity index (χ1) is 10.2. The minimum absolute atomic E-state index is 0. The van der Waals surface area contributed by atoms with Gasteiger partial charge in [0.1, 0.15) is 0 Å². The first-order valence-corrected chi connectivity index (χ1v) is 7.40. The van der Waals surface area contributed by atoms with E-state index >= 15 is 0 Å². The van der Waals surface area contributed by atoms with Crippen LogP contribution in [-0.2, 0) is 50.4 Å². The van der Waals surface area contributed by atoms with E-state index in [1.54, 1.807) is 0 Å². The Morgan fingerprint density at radius 1 is 0.739 bits per heavy atom. The van der Waals surface area contributed by atoms with E-state index in [2.05, 4.69) is 30.7 Å². The van der Waals surface area contributed by atoms with Crippen molar-refractivity contribution in [2.24, 2.45) is 0 Å². The van der Waals surface area contributed by atoms with E-state index in [9.17, 15) is 0 Å². The Bertz CT molecular complexity index is 460. The average molecular weight is 519 g/mol. The summed E-state index contributed by atoms with van der Waals surface area (Å²) in [6.07, 6.45) is 2.22. The second-order valence-corrected chi connectivity index (χ2v) is 5.20. The average Bonchev–Trinajstić information content (AvgIpc) is 2.53. The molecular formula is C19H23ClHgO2. The van der Waals surface area contributed by atoms with Crippen LogP contribution in [0.15, 0.2) is 60.7 Å². The van der Waals surface area contributed by atoms with Crippen LogP contribution < -0.4 is 12.4 Å². The quantitative estimate of drug-likeness (QED) is 0.492. The van der Waals surface area contributed by atoms with Gasteiger partial charge in [-0.3, -0.25) is 0 Å². The fourth-order valence-electron chi connectivity index (χ4n) is 2.10. The van der Waals surface area contributed by atoms with Gasteiger partial charge in [-0.05, 0) is 25.0 Å². The van der Waals surface area contributed by atoms with Crippen LogP contribution in [0.4, 0.5) is 0 Å². The van der Waals surface area contributed by atoms with E-state index in [1.165, 1.54) is 11.1 Å². The fraction of sp³-hybridized carbons (Fsp3) is 0.316. The molecule has 0 aliphatic rings. The second-order valence-electron chi connectivity index (χ2n) is 5.20. The van der Waals surface area contributed by atoms with E-state index in [4.69, 9.17) is 9.47 Å². The zero-order valence-electron chi connectivity index (χ0n) is 13.8. The number of halogens is 1. The van der Waals surface area contributed by atoms with Crippen LogP contribution in [0, 0.1) is 6.42 Å². The molecule has 0 aliphatic carbocycles. The molecule has 23 heavy (non-hydrogen) atoms. The molecule has 4 heteroatoms. The van der Waals surface area contributed by atoms with Gasteiger partial charge >= 0.3 is 27.7 Å². The Morgan fingerprint density at radius 2 is 1.09 bits per heavy atom. The molecule has 0 saturated heterocycles. The zero-order chi connectivity index (χ0) is 14.9. The first kappa shape index (κ1) is 22.6. The van der Waals surface area contributed by atoms with Crippen molar-refractivity contribution >= 4 is 0 Å². The van der Waals surface area contributed by atoms with Crippen LogP contribution in [0.25, 0.3) is 0 Å². The smallest absolute Gasteiger partial charge is 1.00 e. The summed E-state index contributed by atoms with van der Waals surface area (Å²) in [5, 5.41) is 0. The minimum atomic E-state index is 0. The maximum Gasteiger partial charge on any atom is 1.00 e. The van der Waals surface area contributed by atoms with Crippen molar-refractivity contribution in [3.63, 3.8) is 0 Å². The van der Waals surface area contributed by atoms with Gasteiger partial charge in [0.05, 0.1) is 25.4 Å². The SMILES string of the molecule is C[C@H]([CH][C@H](C)OCc1ccccc1)OCc1ccccc1.[Cl-].[Hg+]. The predicted molar refractivity (Wildman–Crippen MR) is 85.7 cm³/mol. The van der Waals surface area contributed by atoms with Crippen molar-refractivity contribution in [2.75, 3.05) is 0 Å². The van der Waals surface area contributed by atoms with Crippen LogP contribution in [0.5, 0.6) is 0 Å². The fourth-order valence-corrected chi connectivity index (χ4v) is 2.10. The summed E-state index contributed by atoms with van der Waals surface area (Å²) in [5.74, 6) is 0. The number of hydrogen-bond acceptors (Lipinski definition) is 2. The Kier molecular flexibility index (Phi) is 12.7. The van der Waals surface area contributed by atoms with Crippen molar-refractivity contribution in [3.8, 4) is 0 Å². The summed E-state index contributed by atoms with van der Waals surface area (Å²) >= 11 is 0. The minimum Gasteiger partial charge on any atom is -1.00 e. The third kappa shape index (κ3) is 9.46. The Balaban J connectivity index is 0.00000242. The van der Waals surface area contributed by atoms with Gasteiger partial charge in [-0.1, -0.05) is 60.7 Å². The summed E-state index contributed by atoms with van der Waals surface area (Å²) in [6.45, 7) is 5.35. The molecule has 2 aromatic carbocycles. The van der Waals surface area contributed by atoms with Crippen LogP contribution in [0.1, 0.15) is 25.0 Å². The molecule has 0 amide bonds. The Morgan fingerprint density at radius 3 is 1.43 bits per heavy atom. The van der Waals surface area contributed by atoms with Crippen molar-refractivity contribution in [1.29, 1.82) is 0 Å². The van der Waals surface area contributed by atoms with E-state index in [0.717, 1.165) is 0 Å². The van der Waals surface area contributed by atoms with Crippen molar-refractivity contribution in [2.45, 2.75) is 39.3 Å². The molecular weight excluding hydrogens is 496 g/mol. The molecule has 2 radical (unpaired) electrons. The molecule has 2 nitrogen and oxygen atoms in total. The molecule has 0 unspecified atom stereocenters. The van der Waals surface area contributed by atoms with E-state index < -0.39 is 0 Å². The standard InChI is InChI=1S/C19H23O2.ClH.Hg/c1-16(20-14-18-9-5-3-6-10-18)13-17(2)21-15-19-11-7-4-8-12-19;;/h3-13,16-17H,14-15H2,1-2H3;1H;/q;;+1/p-1/t16-,17+;;. The van der Waals surface area contributed by atoms with Crippen molar-refractivity contribution in [1.82, 2.24) is 0 Å². The van der Waals surface area contributed by atoms with Gasteiger partial charge in [0.15, 0.2) is 0 Å². The van der Waals surface area contributed by atoms with E-state index in [-0.39, 0.29) is 52.3 Å². The third-order valence-corrected chi connectivity index (χ3v) is 3.25. The van der Waals surface area contributed by atoms with Gasteiger partial charge in [0, 0.05) is 6.42 Å². The number of benzene rings is 2. The van der Waals surface area contributed by atoms with Gasteiger partial charge in [0.25, 0.3) is 0 Å². The normalized spacial score (nSPS) is 12.6. The van der Waals surface area contributed by atoms with Crippen molar-refractivity contribution < 1.29 is 49.5 Å². The van der Waals surface area contributed by atoms with Gasteiger partial charge in [-0.25, -0.2) is 0 Å². The van der Waals surface area contributed by atoms with Gasteiger partial charge in [0.2, 0.25) is 0 Å². The zero-order valence-corrected chi connectivity index (χ0v) is 20.1. The number of rotatable bonds is 8. The molecule has 2 aromatic rings. The maximum absolute atomic E-state index is 5.82. The molecule has 2 atom stereocenters. The summed E-state index contributed by atoms with van der Waals surface area (Å²) in [5.41, 5.74) is 2.38. The molecule has 0 spiro atoms. The summed E-state index contributed by atoms with van der Waals surface area (Å²) in [6, 6.07) is 20.4. The Labute approximate surface area is 166 Å². The molecule has 0 N–H and O–H groups in total. The molecule has 0 saturated carbocycles. The summed E-state index contributed by atoms with van der Waals surface area (Å²) in [7, 11) is 0. The summed E-state index contributed by atoms with van der Waals surface area (Å²) < 4.78 is 11.6. The van der Waals surface area contributed by atoms with Gasteiger partial charge in [-0.15, -0.1) is 0 Å². The largest absolute Gasteiger partial charge is 1.00 e. The topological polar surface area (TPSA) is 18.5 Å². The molecule has 0 bridgehead atoms. The second kappa shape index (κ2) is 12.9. The summed E-state index contributed by atoms with van der Waals surface area (Å²) in [4.78, 5) is 0. The predicted octanol–water partition coefficient (Wildman–Crippen LogP) is 1.40. The van der Waals surface area contributed by atoms with Crippen LogP contribution in [-0.4, -0.2) is 12.2 Å². The first-order valence-electron chi connectivity index (χ1n) is 7.40. The molecule has 0 aliphatic heterocycles. The van der Waals surface area contributed by atoms with Gasteiger partial charge in [-0.2, -0.15) is 0 Å². The Hall–Kier alpha value is -0.415. The van der Waals surface area contributed by atoms with E-state index in [1.807, 2.05) is 50.2 Å². The van der Waals surface area contributed by atoms with Crippen molar-refractivity contribution in [3.05, 3.63) is 78.2 Å². The molecule has 0 fully saturated rings. The van der Waals surface area contributed by atoms with Crippen LogP contribution in [0.2, 0.25) is 0 Å². The van der Waals surface area contributed by atoms with E-state index in [0.29, 0.717) is 13.2 Å².